The van der Waals surface area contributed by atoms with Crippen LogP contribution in [0.2, 0.25) is 0 Å². The molecule has 64 valence electrons. The van der Waals surface area contributed by atoms with Crippen LogP contribution in [0.15, 0.2) is 28.9 Å². The standard InChI is InChI=1S/C10H8N2O/c1-7-8(6-11)5-9(12-7)10-3-2-4-13-10/h2-5,12H,1H3. The molecule has 13 heavy (non-hydrogen) atoms. The Bertz CT molecular complexity index is 446. The average Bonchev–Trinajstić information content (AvgIpc) is 2.71. The molecule has 0 amide bonds. The van der Waals surface area contributed by atoms with Crippen LogP contribution in [0, 0.1) is 18.3 Å². The largest absolute Gasteiger partial charge is 0.463 e. The summed E-state index contributed by atoms with van der Waals surface area (Å²) in [5, 5.41) is 8.73. The van der Waals surface area contributed by atoms with Gasteiger partial charge >= 0.3 is 0 Å². The first-order valence-electron chi connectivity index (χ1n) is 3.95. The molecular formula is C10H8N2O. The number of aryl methyl sites for hydroxylation is 1. The van der Waals surface area contributed by atoms with Gasteiger partial charge in [0.1, 0.15) is 11.8 Å². The van der Waals surface area contributed by atoms with E-state index < -0.39 is 0 Å². The van der Waals surface area contributed by atoms with Crippen molar-refractivity contribution in [3.63, 3.8) is 0 Å². The molecule has 0 aromatic carbocycles. The SMILES string of the molecule is Cc1[nH]c(-c2ccco2)cc1C#N. The fourth-order valence-corrected chi connectivity index (χ4v) is 1.24. The Labute approximate surface area is 75.6 Å². The highest BCUT2D eigenvalue weighted by molar-refractivity contribution is 5.57. The third-order valence-corrected chi connectivity index (χ3v) is 1.92. The van der Waals surface area contributed by atoms with Crippen LogP contribution in [0.1, 0.15) is 11.3 Å². The Balaban J connectivity index is 2.50. The summed E-state index contributed by atoms with van der Waals surface area (Å²) in [6, 6.07) is 7.56. The molecule has 0 atom stereocenters. The van der Waals surface area contributed by atoms with E-state index in [1.54, 1.807) is 12.3 Å². The van der Waals surface area contributed by atoms with E-state index >= 15 is 0 Å². The molecule has 2 rings (SSSR count). The summed E-state index contributed by atoms with van der Waals surface area (Å²) in [4.78, 5) is 3.08. The predicted octanol–water partition coefficient (Wildman–Crippen LogP) is 2.45. The Morgan fingerprint density at radius 3 is 2.92 bits per heavy atom. The number of H-pyrrole nitrogens is 1. The number of hydrogen-bond acceptors (Lipinski definition) is 2. The lowest BCUT2D eigenvalue weighted by atomic mass is 10.2. The molecule has 2 heterocycles. The lowest BCUT2D eigenvalue weighted by Gasteiger charge is -1.88. The van der Waals surface area contributed by atoms with Gasteiger partial charge in [-0.1, -0.05) is 0 Å². The van der Waals surface area contributed by atoms with Gasteiger partial charge in [-0.25, -0.2) is 0 Å². The van der Waals surface area contributed by atoms with Crippen LogP contribution in [0.5, 0.6) is 0 Å². The quantitative estimate of drug-likeness (QED) is 0.718. The van der Waals surface area contributed by atoms with Gasteiger partial charge in [0.2, 0.25) is 0 Å². The fourth-order valence-electron chi connectivity index (χ4n) is 1.24. The Hall–Kier alpha value is -1.95. The van der Waals surface area contributed by atoms with Crippen molar-refractivity contribution in [2.75, 3.05) is 0 Å². The van der Waals surface area contributed by atoms with Crippen LogP contribution in [0.3, 0.4) is 0 Å². The number of hydrogen-bond donors (Lipinski definition) is 1. The summed E-state index contributed by atoms with van der Waals surface area (Å²) in [5.74, 6) is 0.754. The first kappa shape index (κ1) is 7.69. The highest BCUT2D eigenvalue weighted by Gasteiger charge is 2.06. The van der Waals surface area contributed by atoms with Gasteiger partial charge in [0.05, 0.1) is 17.5 Å². The average molecular weight is 172 g/mol. The molecule has 0 aliphatic rings. The fraction of sp³-hybridized carbons (Fsp3) is 0.100. The molecule has 1 N–H and O–H groups in total. The van der Waals surface area contributed by atoms with Crippen molar-refractivity contribution in [1.82, 2.24) is 4.98 Å². The maximum absolute atomic E-state index is 8.73. The van der Waals surface area contributed by atoms with E-state index in [1.165, 1.54) is 0 Å². The monoisotopic (exact) mass is 172 g/mol. The third kappa shape index (κ3) is 1.23. The van der Waals surface area contributed by atoms with Crippen molar-refractivity contribution in [3.05, 3.63) is 35.7 Å². The summed E-state index contributed by atoms with van der Waals surface area (Å²) >= 11 is 0. The Morgan fingerprint density at radius 2 is 2.38 bits per heavy atom. The van der Waals surface area contributed by atoms with Crippen molar-refractivity contribution in [2.45, 2.75) is 6.92 Å². The van der Waals surface area contributed by atoms with Gasteiger partial charge in [0.25, 0.3) is 0 Å². The maximum atomic E-state index is 8.73. The van der Waals surface area contributed by atoms with E-state index in [2.05, 4.69) is 11.1 Å². The first-order valence-corrected chi connectivity index (χ1v) is 3.95. The molecule has 0 saturated heterocycles. The van der Waals surface area contributed by atoms with E-state index in [0.29, 0.717) is 5.56 Å². The van der Waals surface area contributed by atoms with E-state index in [0.717, 1.165) is 17.1 Å². The maximum Gasteiger partial charge on any atom is 0.150 e. The minimum absolute atomic E-state index is 0.659. The second-order valence-corrected chi connectivity index (χ2v) is 2.81. The molecule has 0 fully saturated rings. The summed E-state index contributed by atoms with van der Waals surface area (Å²) < 4.78 is 5.19. The summed E-state index contributed by atoms with van der Waals surface area (Å²) in [6.07, 6.45) is 1.61. The van der Waals surface area contributed by atoms with Crippen LogP contribution in [0.25, 0.3) is 11.5 Å². The van der Waals surface area contributed by atoms with Crippen LogP contribution in [-0.4, -0.2) is 4.98 Å². The molecule has 2 aromatic rings. The minimum atomic E-state index is 0.659. The Morgan fingerprint density at radius 1 is 1.54 bits per heavy atom. The zero-order valence-corrected chi connectivity index (χ0v) is 7.16. The molecule has 0 aliphatic carbocycles. The second kappa shape index (κ2) is 2.83. The molecule has 0 unspecified atom stereocenters. The van der Waals surface area contributed by atoms with E-state index in [9.17, 15) is 0 Å². The molecule has 0 saturated carbocycles. The number of furan rings is 1. The molecule has 0 aliphatic heterocycles. The smallest absolute Gasteiger partial charge is 0.150 e. The van der Waals surface area contributed by atoms with E-state index in [1.807, 2.05) is 19.1 Å². The zero-order valence-electron chi connectivity index (χ0n) is 7.16. The second-order valence-electron chi connectivity index (χ2n) is 2.81. The van der Waals surface area contributed by atoms with Gasteiger partial charge in [-0.2, -0.15) is 5.26 Å². The van der Waals surface area contributed by atoms with Crippen molar-refractivity contribution < 1.29 is 4.42 Å². The van der Waals surface area contributed by atoms with Gasteiger partial charge in [-0.15, -0.1) is 0 Å². The van der Waals surface area contributed by atoms with E-state index in [4.69, 9.17) is 9.68 Å². The highest BCUT2D eigenvalue weighted by atomic mass is 16.3. The van der Waals surface area contributed by atoms with Gasteiger partial charge in [0, 0.05) is 5.69 Å². The molecule has 3 nitrogen and oxygen atoms in total. The number of nitrogens with one attached hydrogen (secondary N) is 1. The number of nitrogens with zero attached hydrogens (tertiary/aromatic N) is 1. The number of aromatic amines is 1. The number of aromatic nitrogens is 1. The van der Waals surface area contributed by atoms with E-state index in [-0.39, 0.29) is 0 Å². The normalized spacial score (nSPS) is 9.85. The van der Waals surface area contributed by atoms with Gasteiger partial charge in [-0.05, 0) is 25.1 Å². The summed E-state index contributed by atoms with van der Waals surface area (Å²) in [5.41, 5.74) is 2.37. The molecular weight excluding hydrogens is 164 g/mol. The van der Waals surface area contributed by atoms with Crippen LogP contribution < -0.4 is 0 Å². The number of nitriles is 1. The van der Waals surface area contributed by atoms with Gasteiger partial charge < -0.3 is 9.40 Å². The zero-order chi connectivity index (χ0) is 9.26. The first-order chi connectivity index (χ1) is 6.31. The Kier molecular flexibility index (Phi) is 1.67. The topological polar surface area (TPSA) is 52.7 Å². The predicted molar refractivity (Wildman–Crippen MR) is 47.9 cm³/mol. The van der Waals surface area contributed by atoms with Crippen molar-refractivity contribution >= 4 is 0 Å². The molecule has 3 heteroatoms. The molecule has 2 aromatic heterocycles. The van der Waals surface area contributed by atoms with Crippen molar-refractivity contribution in [3.8, 4) is 17.5 Å². The summed E-state index contributed by atoms with van der Waals surface area (Å²) in [6.45, 7) is 1.87. The van der Waals surface area contributed by atoms with Crippen molar-refractivity contribution in [1.29, 1.82) is 5.26 Å². The molecule has 0 spiro atoms. The third-order valence-electron chi connectivity index (χ3n) is 1.92. The van der Waals surface area contributed by atoms with Crippen LogP contribution >= 0.6 is 0 Å². The lowest BCUT2D eigenvalue weighted by molar-refractivity contribution is 0.580. The summed E-state index contributed by atoms with van der Waals surface area (Å²) in [7, 11) is 0. The highest BCUT2D eigenvalue weighted by Crippen LogP contribution is 2.21. The molecule has 0 radical (unpaired) electrons. The minimum Gasteiger partial charge on any atom is -0.463 e. The van der Waals surface area contributed by atoms with Gasteiger partial charge in [0.15, 0.2) is 0 Å². The lowest BCUT2D eigenvalue weighted by Crippen LogP contribution is -1.74. The van der Waals surface area contributed by atoms with Crippen LogP contribution in [-0.2, 0) is 0 Å². The number of rotatable bonds is 1. The van der Waals surface area contributed by atoms with Crippen molar-refractivity contribution in [2.24, 2.45) is 0 Å². The molecule has 0 bridgehead atoms. The van der Waals surface area contributed by atoms with Gasteiger partial charge in [-0.3, -0.25) is 0 Å². The van der Waals surface area contributed by atoms with Crippen LogP contribution in [0.4, 0.5) is 0 Å².